The number of thioether (sulfide) groups is 1. The first-order valence-corrected chi connectivity index (χ1v) is 9.97. The van der Waals surface area contributed by atoms with Crippen molar-refractivity contribution < 1.29 is 14.3 Å². The number of aromatic amines is 1. The van der Waals surface area contributed by atoms with Gasteiger partial charge in [-0.2, -0.15) is 0 Å². The minimum atomic E-state index is -0.565. The number of hydrogen-bond donors (Lipinski definition) is 3. The molecule has 0 spiro atoms. The van der Waals surface area contributed by atoms with Crippen LogP contribution in [0.4, 0.5) is 5.95 Å². The van der Waals surface area contributed by atoms with E-state index in [2.05, 4.69) is 15.4 Å². The molecule has 8 nitrogen and oxygen atoms in total. The predicted molar refractivity (Wildman–Crippen MR) is 111 cm³/mol. The van der Waals surface area contributed by atoms with E-state index in [1.54, 1.807) is 6.07 Å². The second-order valence-corrected chi connectivity index (χ2v) is 7.82. The number of rotatable bonds is 3. The van der Waals surface area contributed by atoms with Crippen molar-refractivity contribution in [1.82, 2.24) is 15.0 Å². The van der Waals surface area contributed by atoms with Gasteiger partial charge < -0.3 is 14.5 Å². The number of fused-ring (bicyclic) bond motifs is 2. The van der Waals surface area contributed by atoms with Crippen molar-refractivity contribution in [3.8, 4) is 5.75 Å². The third-order valence-corrected chi connectivity index (χ3v) is 6.10. The van der Waals surface area contributed by atoms with Crippen LogP contribution in [0.5, 0.6) is 5.75 Å². The molecular formula is C20H16N4O4S. The Bertz CT molecular complexity index is 1300. The maximum absolute atomic E-state index is 12.7. The number of para-hydroxylation sites is 2. The van der Waals surface area contributed by atoms with Gasteiger partial charge in [-0.1, -0.05) is 12.1 Å². The van der Waals surface area contributed by atoms with E-state index in [9.17, 15) is 14.7 Å². The van der Waals surface area contributed by atoms with E-state index in [0.29, 0.717) is 28.0 Å². The zero-order chi connectivity index (χ0) is 20.1. The van der Waals surface area contributed by atoms with E-state index < -0.39 is 11.0 Å². The van der Waals surface area contributed by atoms with Crippen molar-refractivity contribution in [3.05, 3.63) is 64.0 Å². The molecule has 146 valence electrons. The van der Waals surface area contributed by atoms with Gasteiger partial charge in [0.05, 0.1) is 22.3 Å². The molecule has 1 saturated heterocycles. The summed E-state index contributed by atoms with van der Waals surface area (Å²) < 4.78 is 5.43. The molecule has 2 aromatic carbocycles. The van der Waals surface area contributed by atoms with Crippen molar-refractivity contribution in [2.75, 3.05) is 11.2 Å². The summed E-state index contributed by atoms with van der Waals surface area (Å²) in [5.41, 5.74) is 5.50. The fourth-order valence-electron chi connectivity index (χ4n) is 3.52. The predicted octanol–water partition coefficient (Wildman–Crippen LogP) is 3.28. The number of imidazole rings is 1. The maximum atomic E-state index is 12.7. The molecule has 0 radical (unpaired) electrons. The number of aromatic nitrogens is 2. The molecular weight excluding hydrogens is 392 g/mol. The highest BCUT2D eigenvalue weighted by Crippen LogP contribution is 2.40. The minimum Gasteiger partial charge on any atom is -0.508 e. The summed E-state index contributed by atoms with van der Waals surface area (Å²) in [6.07, 6.45) is 0. The number of amides is 1. The summed E-state index contributed by atoms with van der Waals surface area (Å²) >= 11 is 1.34. The second-order valence-electron chi connectivity index (χ2n) is 6.75. The Morgan fingerprint density at radius 1 is 1.28 bits per heavy atom. The maximum Gasteiger partial charge on any atom is 0.342 e. The zero-order valence-corrected chi connectivity index (χ0v) is 16.1. The molecule has 1 unspecified atom stereocenters. The van der Waals surface area contributed by atoms with Crippen LogP contribution in [0.25, 0.3) is 22.0 Å². The van der Waals surface area contributed by atoms with Crippen LogP contribution in [0.15, 0.2) is 51.7 Å². The summed E-state index contributed by atoms with van der Waals surface area (Å²) in [5, 5.41) is 11.2. The third-order valence-electron chi connectivity index (χ3n) is 4.93. The molecule has 5 rings (SSSR count). The topological polar surface area (TPSA) is 111 Å². The molecule has 1 atom stereocenters. The minimum absolute atomic E-state index is 0.0198. The first kappa shape index (κ1) is 17.6. The number of nitrogens with zero attached hydrogens (tertiary/aromatic N) is 2. The molecule has 29 heavy (non-hydrogen) atoms. The van der Waals surface area contributed by atoms with E-state index in [1.165, 1.54) is 28.9 Å². The first-order valence-electron chi connectivity index (χ1n) is 8.92. The van der Waals surface area contributed by atoms with Crippen LogP contribution in [-0.2, 0) is 4.79 Å². The zero-order valence-electron chi connectivity index (χ0n) is 15.3. The lowest BCUT2D eigenvalue weighted by Gasteiger charge is -2.24. The lowest BCUT2D eigenvalue weighted by Crippen LogP contribution is -2.36. The standard InChI is InChI=1S/C20H16N4O4S/c1-10-12-7-6-11(25)8-15(12)28-19(27)17(10)18-24(16(26)9-29-18)23-20-21-13-4-2-3-5-14(13)22-20/h2-8,18,25H,9H2,1H3,(H2,21,22,23). The molecule has 1 aliphatic rings. The third kappa shape index (κ3) is 2.90. The number of carbonyl (C=O) groups is 1. The van der Waals surface area contributed by atoms with Crippen molar-refractivity contribution in [2.45, 2.75) is 12.3 Å². The Balaban J connectivity index is 1.57. The molecule has 3 heterocycles. The van der Waals surface area contributed by atoms with Crippen LogP contribution < -0.4 is 11.1 Å². The van der Waals surface area contributed by atoms with Gasteiger partial charge in [0.2, 0.25) is 5.95 Å². The summed E-state index contributed by atoms with van der Waals surface area (Å²) in [5.74, 6) is 0.501. The number of aromatic hydroxyl groups is 1. The summed E-state index contributed by atoms with van der Waals surface area (Å²) in [4.78, 5) is 32.9. The van der Waals surface area contributed by atoms with Crippen LogP contribution in [0.1, 0.15) is 16.5 Å². The first-order chi connectivity index (χ1) is 14.0. The Kier molecular flexibility index (Phi) is 3.99. The lowest BCUT2D eigenvalue weighted by atomic mass is 10.1. The number of phenols is 1. The molecule has 1 aliphatic heterocycles. The summed E-state index contributed by atoms with van der Waals surface area (Å²) in [6, 6.07) is 12.2. The number of hydrazine groups is 1. The van der Waals surface area contributed by atoms with E-state index in [4.69, 9.17) is 4.42 Å². The Labute approximate surface area is 168 Å². The lowest BCUT2D eigenvalue weighted by molar-refractivity contribution is -0.126. The highest BCUT2D eigenvalue weighted by Gasteiger charge is 2.37. The number of phenolic OH excluding ortho intramolecular Hbond substituents is 1. The smallest absolute Gasteiger partial charge is 0.342 e. The molecule has 0 bridgehead atoms. The normalized spacial score (nSPS) is 16.8. The number of H-pyrrole nitrogens is 1. The Morgan fingerprint density at radius 3 is 2.93 bits per heavy atom. The molecule has 9 heteroatoms. The van der Waals surface area contributed by atoms with Gasteiger partial charge in [0.15, 0.2) is 0 Å². The SMILES string of the molecule is Cc1c(C2SCC(=O)N2Nc2nc3ccccc3[nH]2)c(=O)oc2cc(O)ccc12. The van der Waals surface area contributed by atoms with Gasteiger partial charge in [0.1, 0.15) is 16.7 Å². The number of benzene rings is 2. The van der Waals surface area contributed by atoms with Gasteiger partial charge >= 0.3 is 5.63 Å². The molecule has 1 fully saturated rings. The summed E-state index contributed by atoms with van der Waals surface area (Å²) in [7, 11) is 0. The van der Waals surface area contributed by atoms with E-state index >= 15 is 0 Å². The van der Waals surface area contributed by atoms with Crippen LogP contribution in [0.3, 0.4) is 0 Å². The van der Waals surface area contributed by atoms with Gasteiger partial charge in [-0.05, 0) is 36.8 Å². The Morgan fingerprint density at radius 2 is 2.10 bits per heavy atom. The molecule has 1 amide bonds. The number of aryl methyl sites for hydroxylation is 1. The Hall–Kier alpha value is -3.46. The largest absolute Gasteiger partial charge is 0.508 e. The van der Waals surface area contributed by atoms with Crippen molar-refractivity contribution in [3.63, 3.8) is 0 Å². The van der Waals surface area contributed by atoms with Crippen molar-refractivity contribution in [2.24, 2.45) is 0 Å². The number of hydrogen-bond acceptors (Lipinski definition) is 7. The fourth-order valence-corrected chi connectivity index (χ4v) is 4.72. The van der Waals surface area contributed by atoms with Crippen LogP contribution in [0, 0.1) is 6.92 Å². The highest BCUT2D eigenvalue weighted by molar-refractivity contribution is 8.00. The van der Waals surface area contributed by atoms with Gasteiger partial charge in [-0.15, -0.1) is 11.8 Å². The van der Waals surface area contributed by atoms with Crippen molar-refractivity contribution >= 4 is 45.6 Å². The molecule has 2 aromatic heterocycles. The second kappa shape index (κ2) is 6.56. The van der Waals surface area contributed by atoms with Gasteiger partial charge in [0.25, 0.3) is 5.91 Å². The number of anilines is 1. The van der Waals surface area contributed by atoms with E-state index in [1.807, 2.05) is 31.2 Å². The fraction of sp³-hybridized carbons (Fsp3) is 0.150. The molecule has 3 N–H and O–H groups in total. The van der Waals surface area contributed by atoms with Crippen LogP contribution in [-0.4, -0.2) is 31.7 Å². The van der Waals surface area contributed by atoms with Crippen LogP contribution in [0.2, 0.25) is 0 Å². The van der Waals surface area contributed by atoms with Gasteiger partial charge in [0, 0.05) is 11.5 Å². The number of carbonyl (C=O) groups excluding carboxylic acids is 1. The molecule has 4 aromatic rings. The highest BCUT2D eigenvalue weighted by atomic mass is 32.2. The molecule has 0 saturated carbocycles. The van der Waals surface area contributed by atoms with Gasteiger partial charge in [-0.25, -0.2) is 14.8 Å². The average Bonchev–Trinajstić information content (AvgIpc) is 3.26. The molecule has 0 aliphatic carbocycles. The monoisotopic (exact) mass is 408 g/mol. The van der Waals surface area contributed by atoms with Crippen LogP contribution >= 0.6 is 11.8 Å². The quantitative estimate of drug-likeness (QED) is 0.446. The van der Waals surface area contributed by atoms with Gasteiger partial charge in [-0.3, -0.25) is 10.2 Å². The summed E-state index contributed by atoms with van der Waals surface area (Å²) in [6.45, 7) is 1.81. The average molecular weight is 408 g/mol. The van der Waals surface area contributed by atoms with Crippen molar-refractivity contribution in [1.29, 1.82) is 0 Å². The van der Waals surface area contributed by atoms with E-state index in [0.717, 1.165) is 11.0 Å². The van der Waals surface area contributed by atoms with E-state index in [-0.39, 0.29) is 17.4 Å². The number of nitrogens with one attached hydrogen (secondary N) is 2.